The molecule has 1 amide bonds. The van der Waals surface area contributed by atoms with E-state index in [4.69, 9.17) is 9.47 Å². The molecular formula is C33H43NO5S. The number of ether oxygens (including phenoxy) is 2. The topological polar surface area (TPSA) is 81.7 Å². The number of rotatable bonds is 12. The summed E-state index contributed by atoms with van der Waals surface area (Å²) in [4.78, 5) is 38.7. The first kappa shape index (κ1) is 34.4. The zero-order chi connectivity index (χ0) is 30.1. The van der Waals surface area contributed by atoms with Gasteiger partial charge >= 0.3 is 11.9 Å². The molecule has 1 aromatic rings. The van der Waals surface area contributed by atoms with Gasteiger partial charge in [0.25, 0.3) is 5.91 Å². The summed E-state index contributed by atoms with van der Waals surface area (Å²) >= 11 is 4.09. The Hall–Kier alpha value is -3.58. The number of esters is 2. The van der Waals surface area contributed by atoms with Gasteiger partial charge in [0.1, 0.15) is 6.61 Å². The number of hydrogen-bond donors (Lipinski definition) is 2. The van der Waals surface area contributed by atoms with Crippen LogP contribution >= 0.6 is 12.6 Å². The van der Waals surface area contributed by atoms with Gasteiger partial charge in [0.15, 0.2) is 0 Å². The molecule has 1 aliphatic heterocycles. The van der Waals surface area contributed by atoms with Gasteiger partial charge in [-0.25, -0.2) is 9.59 Å². The molecule has 1 aromatic carbocycles. The number of cyclic esters (lactones) is 1. The van der Waals surface area contributed by atoms with Crippen molar-refractivity contribution in [2.45, 2.75) is 60.5 Å². The number of benzene rings is 1. The first-order chi connectivity index (χ1) is 19.2. The Morgan fingerprint density at radius 2 is 1.88 bits per heavy atom. The average Bonchev–Trinajstić information content (AvgIpc) is 2.94. The molecule has 216 valence electrons. The minimum Gasteiger partial charge on any atom is -0.458 e. The van der Waals surface area contributed by atoms with Crippen LogP contribution in [-0.2, 0) is 23.9 Å². The fraction of sp³-hybridized carbons (Fsp3) is 0.364. The predicted molar refractivity (Wildman–Crippen MR) is 167 cm³/mol. The standard InChI is InChI=1S/C31H37NO5S.C2H6/c1-6-8-9-16-25-27(29(33)32-19-21(3)18-26-22(4)13-12-14-23(26)5)20-36-31(35)28(25)37-30(34)24(7-2)15-10-11-17-38;1-2/h7,9-16,18,28,38H,2,6,8,17,19-20H2,1,3-5H3,(H,32,33);1-2H3/b11-10-,16-9+,21-18+,24-15+;. The van der Waals surface area contributed by atoms with Crippen LogP contribution in [0.25, 0.3) is 6.08 Å². The molecule has 0 aromatic heterocycles. The molecule has 0 radical (unpaired) electrons. The lowest BCUT2D eigenvalue weighted by atomic mass is 9.98. The summed E-state index contributed by atoms with van der Waals surface area (Å²) in [5.74, 6) is -1.37. The zero-order valence-electron chi connectivity index (χ0n) is 24.6. The van der Waals surface area contributed by atoms with E-state index in [2.05, 4.69) is 30.6 Å². The molecule has 0 saturated heterocycles. The molecule has 0 aliphatic carbocycles. The Kier molecular flexibility index (Phi) is 16.1. The maximum Gasteiger partial charge on any atom is 0.352 e. The van der Waals surface area contributed by atoms with Crippen LogP contribution in [0.5, 0.6) is 0 Å². The van der Waals surface area contributed by atoms with Crippen LogP contribution in [0.1, 0.15) is 57.2 Å². The smallest absolute Gasteiger partial charge is 0.352 e. The molecule has 2 rings (SSSR count). The van der Waals surface area contributed by atoms with Crippen LogP contribution < -0.4 is 5.32 Å². The van der Waals surface area contributed by atoms with E-state index in [1.807, 2.05) is 65.8 Å². The largest absolute Gasteiger partial charge is 0.458 e. The first-order valence-electron chi connectivity index (χ1n) is 13.6. The highest BCUT2D eigenvalue weighted by molar-refractivity contribution is 7.80. The summed E-state index contributed by atoms with van der Waals surface area (Å²) in [6.07, 6.45) is 12.1. The molecular weight excluding hydrogens is 522 g/mol. The molecule has 0 spiro atoms. The van der Waals surface area contributed by atoms with Crippen molar-refractivity contribution >= 4 is 36.6 Å². The van der Waals surface area contributed by atoms with Crippen LogP contribution in [0.4, 0.5) is 0 Å². The van der Waals surface area contributed by atoms with Gasteiger partial charge in [0.2, 0.25) is 6.10 Å². The summed E-state index contributed by atoms with van der Waals surface area (Å²) in [6.45, 7) is 15.8. The summed E-state index contributed by atoms with van der Waals surface area (Å²) < 4.78 is 10.8. The van der Waals surface area contributed by atoms with Crippen molar-refractivity contribution in [3.8, 4) is 0 Å². The van der Waals surface area contributed by atoms with Crippen molar-refractivity contribution in [2.24, 2.45) is 0 Å². The third-order valence-electron chi connectivity index (χ3n) is 5.89. The maximum atomic E-state index is 13.2. The fourth-order valence-electron chi connectivity index (χ4n) is 3.77. The number of thiol groups is 1. The van der Waals surface area contributed by atoms with Crippen LogP contribution in [-0.4, -0.2) is 42.9 Å². The first-order valence-corrected chi connectivity index (χ1v) is 14.3. The van der Waals surface area contributed by atoms with Crippen molar-refractivity contribution in [2.75, 3.05) is 18.9 Å². The second-order valence-corrected chi connectivity index (χ2v) is 9.30. The van der Waals surface area contributed by atoms with E-state index in [1.54, 1.807) is 18.2 Å². The third-order valence-corrected chi connectivity index (χ3v) is 6.10. The van der Waals surface area contributed by atoms with E-state index >= 15 is 0 Å². The van der Waals surface area contributed by atoms with E-state index in [0.29, 0.717) is 17.9 Å². The lowest BCUT2D eigenvalue weighted by Crippen LogP contribution is -2.40. The van der Waals surface area contributed by atoms with Gasteiger partial charge in [0, 0.05) is 17.9 Å². The van der Waals surface area contributed by atoms with E-state index < -0.39 is 18.0 Å². The molecule has 1 unspecified atom stereocenters. The lowest BCUT2D eigenvalue weighted by molar-refractivity contribution is -0.163. The highest BCUT2D eigenvalue weighted by Crippen LogP contribution is 2.24. The maximum absolute atomic E-state index is 13.2. The van der Waals surface area contributed by atoms with Gasteiger partial charge in [-0.1, -0.05) is 94.0 Å². The Bertz CT molecular complexity index is 1180. The Morgan fingerprint density at radius 1 is 1.20 bits per heavy atom. The Labute approximate surface area is 245 Å². The van der Waals surface area contributed by atoms with Gasteiger partial charge in [0.05, 0.1) is 11.1 Å². The summed E-state index contributed by atoms with van der Waals surface area (Å²) in [5.41, 5.74) is 5.11. The summed E-state index contributed by atoms with van der Waals surface area (Å²) in [5, 5.41) is 2.91. The highest BCUT2D eigenvalue weighted by atomic mass is 32.1. The molecule has 1 heterocycles. The van der Waals surface area contributed by atoms with Gasteiger partial charge in [-0.15, -0.1) is 0 Å². The van der Waals surface area contributed by atoms with Crippen LogP contribution in [0.3, 0.4) is 0 Å². The number of amides is 1. The number of nitrogens with one attached hydrogen (secondary N) is 1. The second-order valence-electron chi connectivity index (χ2n) is 8.93. The normalized spacial score (nSPS) is 16.0. The number of carbonyl (C=O) groups is 3. The highest BCUT2D eigenvalue weighted by Gasteiger charge is 2.36. The van der Waals surface area contributed by atoms with Crippen molar-refractivity contribution < 1.29 is 23.9 Å². The summed E-state index contributed by atoms with van der Waals surface area (Å²) in [7, 11) is 0. The van der Waals surface area contributed by atoms with Gasteiger partial charge in [-0.05, 0) is 50.0 Å². The van der Waals surface area contributed by atoms with E-state index in [1.165, 1.54) is 12.2 Å². The number of allylic oxidation sites excluding steroid dienone is 3. The monoisotopic (exact) mass is 565 g/mol. The number of carbonyl (C=O) groups excluding carboxylic acids is 3. The van der Waals surface area contributed by atoms with Crippen molar-refractivity contribution in [1.29, 1.82) is 0 Å². The molecule has 1 atom stereocenters. The Morgan fingerprint density at radius 3 is 2.48 bits per heavy atom. The minimum absolute atomic E-state index is 0.163. The molecule has 0 fully saturated rings. The van der Waals surface area contributed by atoms with E-state index in [9.17, 15) is 14.4 Å². The van der Waals surface area contributed by atoms with Crippen LogP contribution in [0, 0.1) is 13.8 Å². The van der Waals surface area contributed by atoms with Crippen LogP contribution in [0.15, 0.2) is 83.5 Å². The van der Waals surface area contributed by atoms with Gasteiger partial charge in [-0.2, -0.15) is 12.6 Å². The summed E-state index contributed by atoms with van der Waals surface area (Å²) in [6, 6.07) is 6.11. The third kappa shape index (κ3) is 10.5. The molecule has 0 bridgehead atoms. The molecule has 0 saturated carbocycles. The SMILES string of the molecule is C=C/C(=C\C=C/CS)C(=O)OC1C(=O)OCC(C(=O)NC/C(C)=C/c2c(C)cccc2C)=C1/C=C/CCC.CC. The number of hydrogen-bond acceptors (Lipinski definition) is 6. The quantitative estimate of drug-likeness (QED) is 0.130. The molecule has 1 N–H and O–H groups in total. The minimum atomic E-state index is -1.37. The predicted octanol–water partition coefficient (Wildman–Crippen LogP) is 6.57. The molecule has 40 heavy (non-hydrogen) atoms. The van der Waals surface area contributed by atoms with Gasteiger partial charge < -0.3 is 14.8 Å². The van der Waals surface area contributed by atoms with Crippen molar-refractivity contribution in [1.82, 2.24) is 5.32 Å². The van der Waals surface area contributed by atoms with Crippen LogP contribution in [0.2, 0.25) is 0 Å². The average molecular weight is 566 g/mol. The number of aryl methyl sites for hydroxylation is 2. The Balaban J connectivity index is 0.00000391. The van der Waals surface area contributed by atoms with Crippen molar-refractivity contribution in [3.05, 3.63) is 100 Å². The lowest BCUT2D eigenvalue weighted by Gasteiger charge is -2.25. The molecule has 1 aliphatic rings. The number of unbranched alkanes of at least 4 members (excludes halogenated alkanes) is 1. The zero-order valence-corrected chi connectivity index (χ0v) is 25.5. The fourth-order valence-corrected chi connectivity index (χ4v) is 3.89. The molecule has 7 heteroatoms. The van der Waals surface area contributed by atoms with Crippen molar-refractivity contribution in [3.63, 3.8) is 0 Å². The van der Waals surface area contributed by atoms with E-state index in [-0.39, 0.29) is 23.7 Å². The van der Waals surface area contributed by atoms with Gasteiger partial charge in [-0.3, -0.25) is 4.79 Å². The molecule has 6 nitrogen and oxygen atoms in total. The van der Waals surface area contributed by atoms with E-state index in [0.717, 1.165) is 35.1 Å². The second kappa shape index (κ2) is 18.7.